The number of aldehydes is 1. The highest BCUT2D eigenvalue weighted by atomic mass is 16.1. The van der Waals surface area contributed by atoms with Crippen molar-refractivity contribution in [1.82, 2.24) is 4.90 Å². The summed E-state index contributed by atoms with van der Waals surface area (Å²) in [6, 6.07) is 0. The fourth-order valence-electron chi connectivity index (χ4n) is 1.51. The monoisotopic (exact) mass is 167 g/mol. The zero-order valence-electron chi connectivity index (χ0n) is 7.75. The van der Waals surface area contributed by atoms with Gasteiger partial charge < -0.3 is 4.79 Å². The third-order valence-electron chi connectivity index (χ3n) is 2.42. The molecule has 1 heterocycles. The molecular formula is C10H17NO. The van der Waals surface area contributed by atoms with Gasteiger partial charge in [-0.2, -0.15) is 0 Å². The van der Waals surface area contributed by atoms with Crippen LogP contribution >= 0.6 is 0 Å². The minimum Gasteiger partial charge on any atom is -0.303 e. The Morgan fingerprint density at radius 2 is 2.50 bits per heavy atom. The van der Waals surface area contributed by atoms with Crippen molar-refractivity contribution in [2.75, 3.05) is 19.6 Å². The number of carbonyl (C=O) groups is 1. The Kier molecular flexibility index (Phi) is 4.01. The fourth-order valence-corrected chi connectivity index (χ4v) is 1.51. The number of hydrogen-bond acceptors (Lipinski definition) is 2. The topological polar surface area (TPSA) is 20.3 Å². The maximum atomic E-state index is 10.1. The lowest BCUT2D eigenvalue weighted by Crippen LogP contribution is -2.28. The first kappa shape index (κ1) is 9.46. The van der Waals surface area contributed by atoms with Crippen LogP contribution in [-0.4, -0.2) is 30.8 Å². The van der Waals surface area contributed by atoms with Crippen LogP contribution in [0.5, 0.6) is 0 Å². The maximum absolute atomic E-state index is 10.1. The van der Waals surface area contributed by atoms with Gasteiger partial charge in [0.15, 0.2) is 0 Å². The summed E-state index contributed by atoms with van der Waals surface area (Å²) in [5, 5.41) is 0. The SMILES string of the molecule is CCN1CC=C(CCC=O)CC1. The Morgan fingerprint density at radius 3 is 3.00 bits per heavy atom. The first-order valence-electron chi connectivity index (χ1n) is 4.70. The molecule has 0 amide bonds. The highest BCUT2D eigenvalue weighted by molar-refractivity contribution is 5.49. The summed E-state index contributed by atoms with van der Waals surface area (Å²) in [4.78, 5) is 12.5. The molecule has 1 aliphatic rings. The first-order chi connectivity index (χ1) is 5.86. The molecule has 68 valence electrons. The summed E-state index contributed by atoms with van der Waals surface area (Å²) in [6.45, 7) is 5.56. The van der Waals surface area contributed by atoms with E-state index in [4.69, 9.17) is 0 Å². The number of hydrogen-bond donors (Lipinski definition) is 0. The lowest BCUT2D eigenvalue weighted by Gasteiger charge is -2.24. The van der Waals surface area contributed by atoms with E-state index in [1.807, 2.05) is 0 Å². The molecule has 0 radical (unpaired) electrons. The Hall–Kier alpha value is -0.630. The van der Waals surface area contributed by atoms with E-state index in [9.17, 15) is 4.79 Å². The van der Waals surface area contributed by atoms with Gasteiger partial charge in [-0.05, 0) is 19.4 Å². The van der Waals surface area contributed by atoms with Gasteiger partial charge in [0.2, 0.25) is 0 Å². The van der Waals surface area contributed by atoms with E-state index in [1.54, 1.807) is 0 Å². The molecule has 2 nitrogen and oxygen atoms in total. The third-order valence-corrected chi connectivity index (χ3v) is 2.42. The minimum atomic E-state index is 0.692. The van der Waals surface area contributed by atoms with E-state index in [0.717, 1.165) is 32.2 Å². The smallest absolute Gasteiger partial charge is 0.120 e. The Balaban J connectivity index is 2.29. The van der Waals surface area contributed by atoms with Gasteiger partial charge in [0.05, 0.1) is 0 Å². The molecule has 0 atom stereocenters. The van der Waals surface area contributed by atoms with Gasteiger partial charge in [0.25, 0.3) is 0 Å². The number of carbonyl (C=O) groups excluding carboxylic acids is 1. The van der Waals surface area contributed by atoms with Crippen LogP contribution in [0.4, 0.5) is 0 Å². The van der Waals surface area contributed by atoms with Gasteiger partial charge in [0, 0.05) is 19.5 Å². The zero-order chi connectivity index (χ0) is 8.81. The lowest BCUT2D eigenvalue weighted by atomic mass is 10.0. The average molecular weight is 167 g/mol. The molecule has 0 aliphatic carbocycles. The molecule has 0 aromatic carbocycles. The van der Waals surface area contributed by atoms with Crippen LogP contribution in [0.1, 0.15) is 26.2 Å². The summed E-state index contributed by atoms with van der Waals surface area (Å²) in [5.74, 6) is 0. The molecule has 0 fully saturated rings. The largest absolute Gasteiger partial charge is 0.303 e. The number of nitrogens with zero attached hydrogens (tertiary/aromatic N) is 1. The van der Waals surface area contributed by atoms with E-state index in [-0.39, 0.29) is 0 Å². The molecule has 0 N–H and O–H groups in total. The summed E-state index contributed by atoms with van der Waals surface area (Å²) >= 11 is 0. The van der Waals surface area contributed by atoms with Crippen LogP contribution in [0, 0.1) is 0 Å². The molecule has 0 bridgehead atoms. The highest BCUT2D eigenvalue weighted by Crippen LogP contribution is 2.14. The van der Waals surface area contributed by atoms with Crippen LogP contribution in [0.25, 0.3) is 0 Å². The second-order valence-electron chi connectivity index (χ2n) is 3.21. The van der Waals surface area contributed by atoms with E-state index in [1.165, 1.54) is 12.1 Å². The van der Waals surface area contributed by atoms with Crippen molar-refractivity contribution < 1.29 is 4.79 Å². The Labute approximate surface area is 74.2 Å². The minimum absolute atomic E-state index is 0.692. The molecule has 0 spiro atoms. The average Bonchev–Trinajstić information content (AvgIpc) is 2.15. The molecule has 2 heteroatoms. The van der Waals surface area contributed by atoms with Crippen LogP contribution in [0.3, 0.4) is 0 Å². The highest BCUT2D eigenvalue weighted by Gasteiger charge is 2.08. The first-order valence-corrected chi connectivity index (χ1v) is 4.70. The summed E-state index contributed by atoms with van der Waals surface area (Å²) in [5.41, 5.74) is 1.46. The second-order valence-corrected chi connectivity index (χ2v) is 3.21. The normalized spacial score (nSPS) is 18.9. The van der Waals surface area contributed by atoms with Crippen LogP contribution in [-0.2, 0) is 4.79 Å². The maximum Gasteiger partial charge on any atom is 0.120 e. The van der Waals surface area contributed by atoms with Gasteiger partial charge in [0.1, 0.15) is 6.29 Å². The Morgan fingerprint density at radius 1 is 1.67 bits per heavy atom. The van der Waals surface area contributed by atoms with E-state index < -0.39 is 0 Å². The van der Waals surface area contributed by atoms with Gasteiger partial charge in [-0.1, -0.05) is 18.6 Å². The molecule has 0 unspecified atom stereocenters. The van der Waals surface area contributed by atoms with Crippen molar-refractivity contribution >= 4 is 6.29 Å². The van der Waals surface area contributed by atoms with Crippen molar-refractivity contribution in [2.24, 2.45) is 0 Å². The lowest BCUT2D eigenvalue weighted by molar-refractivity contribution is -0.107. The molecule has 1 rings (SSSR count). The standard InChI is InChI=1S/C10H17NO/c1-2-11-7-5-10(6-8-11)4-3-9-12/h5,9H,2-4,6-8H2,1H3. The van der Waals surface area contributed by atoms with Gasteiger partial charge >= 0.3 is 0 Å². The molecule has 0 aromatic heterocycles. The predicted octanol–water partition coefficient (Wildman–Crippen LogP) is 1.62. The molecule has 0 aromatic rings. The second kappa shape index (κ2) is 5.09. The fraction of sp³-hybridized carbons (Fsp3) is 0.700. The van der Waals surface area contributed by atoms with Gasteiger partial charge in [-0.3, -0.25) is 4.90 Å². The van der Waals surface area contributed by atoms with Gasteiger partial charge in [-0.15, -0.1) is 0 Å². The molecule has 0 saturated heterocycles. The van der Waals surface area contributed by atoms with Crippen LogP contribution in [0.2, 0.25) is 0 Å². The van der Waals surface area contributed by atoms with E-state index in [0.29, 0.717) is 6.42 Å². The van der Waals surface area contributed by atoms with Crippen molar-refractivity contribution in [1.29, 1.82) is 0 Å². The van der Waals surface area contributed by atoms with Crippen LogP contribution in [0.15, 0.2) is 11.6 Å². The van der Waals surface area contributed by atoms with Crippen molar-refractivity contribution in [3.05, 3.63) is 11.6 Å². The molecule has 12 heavy (non-hydrogen) atoms. The zero-order valence-corrected chi connectivity index (χ0v) is 7.75. The summed E-state index contributed by atoms with van der Waals surface area (Å²) in [6.07, 6.45) is 6.10. The van der Waals surface area contributed by atoms with Crippen molar-refractivity contribution in [2.45, 2.75) is 26.2 Å². The third kappa shape index (κ3) is 2.78. The Bertz CT molecular complexity index is 175. The number of likely N-dealkylation sites (N-methyl/N-ethyl adjacent to an activating group) is 1. The van der Waals surface area contributed by atoms with E-state index in [2.05, 4.69) is 17.9 Å². The predicted molar refractivity (Wildman–Crippen MR) is 50.1 cm³/mol. The number of rotatable bonds is 4. The summed E-state index contributed by atoms with van der Waals surface area (Å²) in [7, 11) is 0. The molecule has 0 saturated carbocycles. The van der Waals surface area contributed by atoms with Crippen molar-refractivity contribution in [3.63, 3.8) is 0 Å². The molecule has 1 aliphatic heterocycles. The van der Waals surface area contributed by atoms with Crippen molar-refractivity contribution in [3.8, 4) is 0 Å². The quantitative estimate of drug-likeness (QED) is 0.468. The van der Waals surface area contributed by atoms with E-state index >= 15 is 0 Å². The van der Waals surface area contributed by atoms with Gasteiger partial charge in [-0.25, -0.2) is 0 Å². The summed E-state index contributed by atoms with van der Waals surface area (Å²) < 4.78 is 0. The van der Waals surface area contributed by atoms with Crippen LogP contribution < -0.4 is 0 Å². The molecular weight excluding hydrogens is 150 g/mol.